The van der Waals surface area contributed by atoms with Crippen molar-refractivity contribution in [2.24, 2.45) is 0 Å². The van der Waals surface area contributed by atoms with Crippen LogP contribution in [0.5, 0.6) is 17.2 Å². The van der Waals surface area contributed by atoms with E-state index in [-0.39, 0.29) is 17.7 Å². The van der Waals surface area contributed by atoms with Gasteiger partial charge in [0.15, 0.2) is 18.1 Å². The fraction of sp³-hybridized carbons (Fsp3) is 0.333. The number of amides is 1. The summed E-state index contributed by atoms with van der Waals surface area (Å²) >= 11 is 0. The summed E-state index contributed by atoms with van der Waals surface area (Å²) in [4.78, 5) is 23.6. The van der Waals surface area contributed by atoms with Gasteiger partial charge in [-0.05, 0) is 44.0 Å². The summed E-state index contributed by atoms with van der Waals surface area (Å²) < 4.78 is 16.5. The summed E-state index contributed by atoms with van der Waals surface area (Å²) in [5.74, 6) is 0.0821. The third-order valence-electron chi connectivity index (χ3n) is 4.35. The highest BCUT2D eigenvalue weighted by molar-refractivity contribution is 5.95. The highest BCUT2D eigenvalue weighted by atomic mass is 16.5. The number of ether oxygens (including phenoxy) is 3. The average Bonchev–Trinajstić information content (AvgIpc) is 2.89. The molecule has 0 spiro atoms. The molecule has 7 nitrogen and oxygen atoms in total. The number of carbonyl (C=O) groups is 2. The van der Waals surface area contributed by atoms with Crippen LogP contribution in [-0.4, -0.2) is 36.8 Å². The predicted octanol–water partition coefficient (Wildman–Crippen LogP) is 3.19. The van der Waals surface area contributed by atoms with Crippen LogP contribution < -0.4 is 19.5 Å². The summed E-state index contributed by atoms with van der Waals surface area (Å²) in [5.41, 5.74) is 1.37. The fourth-order valence-corrected chi connectivity index (χ4v) is 3.09. The third kappa shape index (κ3) is 4.73. The molecule has 2 N–H and O–H groups in total. The third-order valence-corrected chi connectivity index (χ3v) is 4.35. The molecule has 28 heavy (non-hydrogen) atoms. The number of hydrogen-bond acceptors (Lipinski definition) is 5. The van der Waals surface area contributed by atoms with Crippen LogP contribution in [0.2, 0.25) is 0 Å². The molecule has 7 heteroatoms. The van der Waals surface area contributed by atoms with Gasteiger partial charge in [-0.1, -0.05) is 18.2 Å². The minimum absolute atomic E-state index is 0.148. The van der Waals surface area contributed by atoms with Gasteiger partial charge in [0, 0.05) is 11.1 Å². The molecule has 0 aliphatic carbocycles. The van der Waals surface area contributed by atoms with Crippen LogP contribution in [0.15, 0.2) is 42.5 Å². The van der Waals surface area contributed by atoms with E-state index in [9.17, 15) is 9.59 Å². The van der Waals surface area contributed by atoms with Crippen LogP contribution in [0.25, 0.3) is 0 Å². The lowest BCUT2D eigenvalue weighted by Gasteiger charge is -2.19. The second kappa shape index (κ2) is 9.12. The second-order valence-electron chi connectivity index (χ2n) is 6.33. The van der Waals surface area contributed by atoms with Crippen LogP contribution in [-0.2, 0) is 4.79 Å². The zero-order valence-electron chi connectivity index (χ0n) is 15.6. The number of aliphatic carboxylic acids is 1. The standard InChI is InChI=1S/C21H23NO6/c1-2-26-19-12-14(9-10-18(19)28-13-20(23)24)21(25)22-16-7-5-11-27-17-8-4-3-6-15(16)17/h3-4,6,8-10,12,16H,2,5,7,11,13H2,1H3,(H,22,25)(H,23,24). The number of carboxylic acids is 1. The molecule has 1 aliphatic heterocycles. The van der Waals surface area contributed by atoms with Crippen molar-refractivity contribution in [3.8, 4) is 17.2 Å². The maximum atomic E-state index is 12.8. The Labute approximate surface area is 163 Å². The van der Waals surface area contributed by atoms with Crippen molar-refractivity contribution in [3.05, 3.63) is 53.6 Å². The van der Waals surface area contributed by atoms with E-state index in [2.05, 4.69) is 5.32 Å². The lowest BCUT2D eigenvalue weighted by atomic mass is 10.0. The van der Waals surface area contributed by atoms with Crippen LogP contribution in [0.1, 0.15) is 41.7 Å². The quantitative estimate of drug-likeness (QED) is 0.760. The van der Waals surface area contributed by atoms with E-state index in [1.165, 1.54) is 0 Å². The van der Waals surface area contributed by atoms with E-state index in [1.807, 2.05) is 24.3 Å². The predicted molar refractivity (Wildman–Crippen MR) is 102 cm³/mol. The lowest BCUT2D eigenvalue weighted by molar-refractivity contribution is -0.139. The minimum atomic E-state index is -1.08. The molecule has 148 valence electrons. The van der Waals surface area contributed by atoms with Gasteiger partial charge in [-0.2, -0.15) is 0 Å². The summed E-state index contributed by atoms with van der Waals surface area (Å²) in [5, 5.41) is 11.8. The molecule has 0 fully saturated rings. The van der Waals surface area contributed by atoms with E-state index in [1.54, 1.807) is 25.1 Å². The minimum Gasteiger partial charge on any atom is -0.493 e. The molecule has 1 aliphatic rings. The number of benzene rings is 2. The van der Waals surface area contributed by atoms with Crippen LogP contribution in [0.4, 0.5) is 0 Å². The highest BCUT2D eigenvalue weighted by Gasteiger charge is 2.22. The molecule has 1 amide bonds. The summed E-state index contributed by atoms with van der Waals surface area (Å²) in [6, 6.07) is 12.3. The number of fused-ring (bicyclic) bond motifs is 1. The van der Waals surface area contributed by atoms with Gasteiger partial charge in [0.25, 0.3) is 5.91 Å². The van der Waals surface area contributed by atoms with Gasteiger partial charge in [0.1, 0.15) is 5.75 Å². The molecular formula is C21H23NO6. The molecule has 0 radical (unpaired) electrons. The first-order valence-corrected chi connectivity index (χ1v) is 9.22. The second-order valence-corrected chi connectivity index (χ2v) is 6.33. The molecule has 0 saturated carbocycles. The Balaban J connectivity index is 1.78. The molecule has 2 aromatic rings. The molecule has 2 aromatic carbocycles. The Hall–Kier alpha value is -3.22. The number of para-hydroxylation sites is 1. The Kier molecular flexibility index (Phi) is 6.37. The number of carboxylic acid groups (broad SMARTS) is 1. The normalized spacial score (nSPS) is 15.5. The summed E-state index contributed by atoms with van der Waals surface area (Å²) in [6.07, 6.45) is 1.62. The topological polar surface area (TPSA) is 94.1 Å². The van der Waals surface area contributed by atoms with E-state index in [0.29, 0.717) is 24.5 Å². The maximum Gasteiger partial charge on any atom is 0.341 e. The summed E-state index contributed by atoms with van der Waals surface area (Å²) in [7, 11) is 0. The maximum absolute atomic E-state index is 12.8. The Morgan fingerprint density at radius 3 is 2.79 bits per heavy atom. The van der Waals surface area contributed by atoms with Crippen molar-refractivity contribution in [2.75, 3.05) is 19.8 Å². The van der Waals surface area contributed by atoms with E-state index < -0.39 is 12.6 Å². The number of rotatable bonds is 7. The van der Waals surface area contributed by atoms with Crippen LogP contribution >= 0.6 is 0 Å². The van der Waals surface area contributed by atoms with Crippen molar-refractivity contribution in [1.82, 2.24) is 5.32 Å². The molecular weight excluding hydrogens is 362 g/mol. The van der Waals surface area contributed by atoms with Crippen LogP contribution in [0, 0.1) is 0 Å². The van der Waals surface area contributed by atoms with Gasteiger partial charge in [-0.15, -0.1) is 0 Å². The van der Waals surface area contributed by atoms with Crippen molar-refractivity contribution in [3.63, 3.8) is 0 Å². The molecule has 0 saturated heterocycles. The average molecular weight is 385 g/mol. The first-order valence-electron chi connectivity index (χ1n) is 9.22. The van der Waals surface area contributed by atoms with Gasteiger partial charge in [-0.3, -0.25) is 4.79 Å². The first-order chi connectivity index (χ1) is 13.6. The van der Waals surface area contributed by atoms with Gasteiger partial charge < -0.3 is 24.6 Å². The van der Waals surface area contributed by atoms with Crippen molar-refractivity contribution >= 4 is 11.9 Å². The van der Waals surface area contributed by atoms with Gasteiger partial charge in [0.05, 0.1) is 19.3 Å². The molecule has 1 heterocycles. The van der Waals surface area contributed by atoms with E-state index >= 15 is 0 Å². The SMILES string of the molecule is CCOc1cc(C(=O)NC2CCCOc3ccccc32)ccc1OCC(=O)O. The van der Waals surface area contributed by atoms with Gasteiger partial charge >= 0.3 is 5.97 Å². The molecule has 1 atom stereocenters. The molecule has 3 rings (SSSR count). The number of nitrogens with one attached hydrogen (secondary N) is 1. The molecule has 1 unspecified atom stereocenters. The monoisotopic (exact) mass is 385 g/mol. The van der Waals surface area contributed by atoms with Crippen molar-refractivity contribution in [2.45, 2.75) is 25.8 Å². The zero-order chi connectivity index (χ0) is 19.9. The lowest BCUT2D eigenvalue weighted by Crippen LogP contribution is -2.28. The van der Waals surface area contributed by atoms with E-state index in [0.717, 1.165) is 24.2 Å². The zero-order valence-corrected chi connectivity index (χ0v) is 15.6. The Morgan fingerprint density at radius 2 is 2.00 bits per heavy atom. The Morgan fingerprint density at radius 1 is 1.18 bits per heavy atom. The van der Waals surface area contributed by atoms with Crippen molar-refractivity contribution in [1.29, 1.82) is 0 Å². The molecule has 0 bridgehead atoms. The highest BCUT2D eigenvalue weighted by Crippen LogP contribution is 2.32. The smallest absolute Gasteiger partial charge is 0.341 e. The largest absolute Gasteiger partial charge is 0.493 e. The summed E-state index contributed by atoms with van der Waals surface area (Å²) in [6.45, 7) is 2.30. The first kappa shape index (κ1) is 19.5. The van der Waals surface area contributed by atoms with Gasteiger partial charge in [-0.25, -0.2) is 4.79 Å². The van der Waals surface area contributed by atoms with E-state index in [4.69, 9.17) is 19.3 Å². The van der Waals surface area contributed by atoms with Crippen molar-refractivity contribution < 1.29 is 28.9 Å². The number of hydrogen-bond donors (Lipinski definition) is 2. The number of carbonyl (C=O) groups excluding carboxylic acids is 1. The fourth-order valence-electron chi connectivity index (χ4n) is 3.09. The molecule has 0 aromatic heterocycles. The van der Waals surface area contributed by atoms with Crippen LogP contribution in [0.3, 0.4) is 0 Å². The van der Waals surface area contributed by atoms with Gasteiger partial charge in [0.2, 0.25) is 0 Å². The Bertz CT molecular complexity index is 851.